The van der Waals surface area contributed by atoms with E-state index in [1.807, 2.05) is 0 Å². The van der Waals surface area contributed by atoms with Crippen molar-refractivity contribution in [1.82, 2.24) is 5.32 Å². The summed E-state index contributed by atoms with van der Waals surface area (Å²) in [6.45, 7) is 8.70. The first kappa shape index (κ1) is 11.0. The van der Waals surface area contributed by atoms with Gasteiger partial charge in [-0.1, -0.05) is 20.8 Å². The Kier molecular flexibility index (Phi) is 4.74. The highest BCUT2D eigenvalue weighted by molar-refractivity contribution is 4.80. The van der Waals surface area contributed by atoms with Gasteiger partial charge < -0.3 is 10.1 Å². The zero-order valence-corrected chi connectivity index (χ0v) is 9.18. The van der Waals surface area contributed by atoms with Crippen molar-refractivity contribution < 1.29 is 4.74 Å². The maximum atomic E-state index is 5.78. The first-order valence-electron chi connectivity index (χ1n) is 5.57. The second kappa shape index (κ2) is 5.61. The van der Waals surface area contributed by atoms with Crippen LogP contribution in [0.25, 0.3) is 0 Å². The van der Waals surface area contributed by atoms with Gasteiger partial charge in [-0.2, -0.15) is 0 Å². The second-order valence-corrected chi connectivity index (χ2v) is 4.42. The molecule has 1 heterocycles. The van der Waals surface area contributed by atoms with Gasteiger partial charge in [0, 0.05) is 19.2 Å². The summed E-state index contributed by atoms with van der Waals surface area (Å²) in [6, 6.07) is 0.698. The van der Waals surface area contributed by atoms with Crippen LogP contribution < -0.4 is 5.32 Å². The minimum absolute atomic E-state index is 0.476. The zero-order chi connectivity index (χ0) is 9.68. The predicted molar refractivity (Wildman–Crippen MR) is 55.9 cm³/mol. The van der Waals surface area contributed by atoms with Crippen LogP contribution in [0, 0.1) is 5.92 Å². The summed E-state index contributed by atoms with van der Waals surface area (Å²) in [5.74, 6) is 0.760. The maximum absolute atomic E-state index is 5.78. The first-order valence-corrected chi connectivity index (χ1v) is 5.57. The van der Waals surface area contributed by atoms with E-state index in [4.69, 9.17) is 4.74 Å². The molecular formula is C11H23NO. The number of ether oxygens (including phenoxy) is 1. The Morgan fingerprint density at radius 2 is 2.23 bits per heavy atom. The van der Waals surface area contributed by atoms with E-state index >= 15 is 0 Å². The molecule has 0 aliphatic carbocycles. The fraction of sp³-hybridized carbons (Fsp3) is 1.00. The summed E-state index contributed by atoms with van der Waals surface area (Å²) < 4.78 is 5.78. The van der Waals surface area contributed by atoms with E-state index in [0.29, 0.717) is 12.1 Å². The topological polar surface area (TPSA) is 21.3 Å². The van der Waals surface area contributed by atoms with E-state index < -0.39 is 0 Å². The molecule has 1 fully saturated rings. The average Bonchev–Trinajstić information content (AvgIpc) is 2.52. The molecule has 2 atom stereocenters. The van der Waals surface area contributed by atoms with Gasteiger partial charge in [0.05, 0.1) is 6.10 Å². The lowest BCUT2D eigenvalue weighted by molar-refractivity contribution is 0.0581. The largest absolute Gasteiger partial charge is 0.377 e. The Hall–Kier alpha value is -0.0800. The summed E-state index contributed by atoms with van der Waals surface area (Å²) in [5, 5.41) is 3.47. The van der Waals surface area contributed by atoms with Gasteiger partial charge in [0.25, 0.3) is 0 Å². The molecule has 0 spiro atoms. The zero-order valence-electron chi connectivity index (χ0n) is 9.18. The highest BCUT2D eigenvalue weighted by atomic mass is 16.5. The molecule has 1 aliphatic heterocycles. The minimum Gasteiger partial charge on any atom is -0.377 e. The fourth-order valence-corrected chi connectivity index (χ4v) is 1.69. The van der Waals surface area contributed by atoms with Crippen LogP contribution in [0.2, 0.25) is 0 Å². The summed E-state index contributed by atoms with van der Waals surface area (Å²) in [5.41, 5.74) is 0. The third kappa shape index (κ3) is 4.10. The number of hydrogen-bond acceptors (Lipinski definition) is 2. The standard InChI is InChI=1S/C11H23NO/c1-4-10-7-11(8-12-10)13-6-5-9(2)3/h9-12H,4-8H2,1-3H3/t10-,11-/m1/s1. The average molecular weight is 185 g/mol. The van der Waals surface area contributed by atoms with E-state index in [0.717, 1.165) is 19.1 Å². The lowest BCUT2D eigenvalue weighted by Crippen LogP contribution is -2.20. The molecule has 1 rings (SSSR count). The quantitative estimate of drug-likeness (QED) is 0.709. The smallest absolute Gasteiger partial charge is 0.0714 e. The Labute approximate surface area is 82.0 Å². The van der Waals surface area contributed by atoms with Crippen molar-refractivity contribution in [1.29, 1.82) is 0 Å². The molecule has 2 heteroatoms. The third-order valence-electron chi connectivity index (χ3n) is 2.72. The van der Waals surface area contributed by atoms with Crippen molar-refractivity contribution in [2.75, 3.05) is 13.2 Å². The number of rotatable bonds is 5. The normalized spacial score (nSPS) is 28.6. The summed E-state index contributed by atoms with van der Waals surface area (Å²) in [4.78, 5) is 0. The summed E-state index contributed by atoms with van der Waals surface area (Å²) >= 11 is 0. The van der Waals surface area contributed by atoms with Crippen molar-refractivity contribution >= 4 is 0 Å². The molecule has 1 N–H and O–H groups in total. The lowest BCUT2D eigenvalue weighted by atomic mass is 10.1. The second-order valence-electron chi connectivity index (χ2n) is 4.42. The van der Waals surface area contributed by atoms with Gasteiger partial charge in [-0.05, 0) is 25.2 Å². The van der Waals surface area contributed by atoms with Gasteiger partial charge in [0.15, 0.2) is 0 Å². The Bertz CT molecular complexity index is 136. The van der Waals surface area contributed by atoms with Crippen LogP contribution in [0.5, 0.6) is 0 Å². The van der Waals surface area contributed by atoms with E-state index in [2.05, 4.69) is 26.1 Å². The van der Waals surface area contributed by atoms with Crippen LogP contribution >= 0.6 is 0 Å². The molecule has 0 bridgehead atoms. The van der Waals surface area contributed by atoms with Gasteiger partial charge in [0.2, 0.25) is 0 Å². The fourth-order valence-electron chi connectivity index (χ4n) is 1.69. The molecule has 78 valence electrons. The SMILES string of the molecule is CC[C@@H]1C[C@@H](OCCC(C)C)CN1. The molecule has 1 saturated heterocycles. The molecule has 0 aromatic rings. The van der Waals surface area contributed by atoms with Gasteiger partial charge >= 0.3 is 0 Å². The molecule has 0 aromatic carbocycles. The monoisotopic (exact) mass is 185 g/mol. The van der Waals surface area contributed by atoms with Gasteiger partial charge in [0.1, 0.15) is 0 Å². The maximum Gasteiger partial charge on any atom is 0.0714 e. The Balaban J connectivity index is 2.03. The predicted octanol–water partition coefficient (Wildman–Crippen LogP) is 2.19. The van der Waals surface area contributed by atoms with Crippen molar-refractivity contribution in [3.63, 3.8) is 0 Å². The van der Waals surface area contributed by atoms with Gasteiger partial charge in [-0.25, -0.2) is 0 Å². The number of nitrogens with one attached hydrogen (secondary N) is 1. The molecule has 1 aliphatic rings. The van der Waals surface area contributed by atoms with E-state index in [1.165, 1.54) is 19.3 Å². The van der Waals surface area contributed by atoms with Gasteiger partial charge in [-0.3, -0.25) is 0 Å². The molecule has 0 amide bonds. The highest BCUT2D eigenvalue weighted by Crippen LogP contribution is 2.13. The summed E-state index contributed by atoms with van der Waals surface area (Å²) in [7, 11) is 0. The van der Waals surface area contributed by atoms with Crippen molar-refractivity contribution in [2.24, 2.45) is 5.92 Å². The minimum atomic E-state index is 0.476. The summed E-state index contributed by atoms with van der Waals surface area (Å²) in [6.07, 6.45) is 4.09. The number of hydrogen-bond donors (Lipinski definition) is 1. The van der Waals surface area contributed by atoms with Crippen LogP contribution in [-0.2, 0) is 4.74 Å². The van der Waals surface area contributed by atoms with E-state index in [-0.39, 0.29) is 0 Å². The first-order chi connectivity index (χ1) is 6.22. The van der Waals surface area contributed by atoms with Crippen LogP contribution in [-0.4, -0.2) is 25.3 Å². The third-order valence-corrected chi connectivity index (χ3v) is 2.72. The molecule has 2 nitrogen and oxygen atoms in total. The molecule has 0 aromatic heterocycles. The van der Waals surface area contributed by atoms with Crippen LogP contribution in [0.4, 0.5) is 0 Å². The molecule has 13 heavy (non-hydrogen) atoms. The van der Waals surface area contributed by atoms with Crippen molar-refractivity contribution in [2.45, 2.75) is 52.2 Å². The highest BCUT2D eigenvalue weighted by Gasteiger charge is 2.22. The van der Waals surface area contributed by atoms with Crippen molar-refractivity contribution in [3.05, 3.63) is 0 Å². The van der Waals surface area contributed by atoms with Crippen LogP contribution in [0.15, 0.2) is 0 Å². The lowest BCUT2D eigenvalue weighted by Gasteiger charge is -2.11. The molecular weight excluding hydrogens is 162 g/mol. The van der Waals surface area contributed by atoms with E-state index in [1.54, 1.807) is 0 Å². The molecule has 0 radical (unpaired) electrons. The molecule has 0 unspecified atom stereocenters. The van der Waals surface area contributed by atoms with Crippen LogP contribution in [0.1, 0.15) is 40.0 Å². The molecule has 0 saturated carbocycles. The van der Waals surface area contributed by atoms with Gasteiger partial charge in [-0.15, -0.1) is 0 Å². The van der Waals surface area contributed by atoms with Crippen LogP contribution in [0.3, 0.4) is 0 Å². The van der Waals surface area contributed by atoms with E-state index in [9.17, 15) is 0 Å². The van der Waals surface area contributed by atoms with Crippen molar-refractivity contribution in [3.8, 4) is 0 Å². The Morgan fingerprint density at radius 1 is 1.46 bits per heavy atom. The Morgan fingerprint density at radius 3 is 2.77 bits per heavy atom.